The number of carbonyl (C=O) groups is 2. The molecule has 5 heteroatoms. The number of unbranched alkanes of at least 4 members (excludes halogenated alkanes) is 1. The first-order chi connectivity index (χ1) is 8.51. The molecule has 0 atom stereocenters. The van der Waals surface area contributed by atoms with Crippen LogP contribution in [-0.4, -0.2) is 18.9 Å². The Morgan fingerprint density at radius 1 is 1.28 bits per heavy atom. The van der Waals surface area contributed by atoms with Crippen molar-refractivity contribution in [3.05, 3.63) is 16.0 Å². The molecule has 0 saturated carbocycles. The summed E-state index contributed by atoms with van der Waals surface area (Å²) >= 11 is 1.45. The van der Waals surface area contributed by atoms with Crippen LogP contribution in [0.1, 0.15) is 47.0 Å². The maximum atomic E-state index is 11.8. The van der Waals surface area contributed by atoms with E-state index in [4.69, 9.17) is 0 Å². The molecule has 2 N–H and O–H groups in total. The van der Waals surface area contributed by atoms with Crippen molar-refractivity contribution in [2.24, 2.45) is 0 Å². The molecule has 0 aliphatic heterocycles. The lowest BCUT2D eigenvalue weighted by atomic mass is 10.1. The first-order valence-electron chi connectivity index (χ1n) is 6.13. The van der Waals surface area contributed by atoms with Crippen LogP contribution in [0, 0.1) is 13.8 Å². The van der Waals surface area contributed by atoms with Gasteiger partial charge in [0.25, 0.3) is 5.91 Å². The fourth-order valence-electron chi connectivity index (χ4n) is 1.64. The lowest BCUT2D eigenvalue weighted by Gasteiger charge is -2.06. The Hall–Kier alpha value is -1.36. The van der Waals surface area contributed by atoms with E-state index in [-0.39, 0.29) is 11.8 Å². The Bertz CT molecular complexity index is 452. The first kappa shape index (κ1) is 14.7. The Morgan fingerprint density at radius 3 is 2.50 bits per heavy atom. The average Bonchev–Trinajstić information content (AvgIpc) is 2.61. The van der Waals surface area contributed by atoms with E-state index < -0.39 is 0 Å². The van der Waals surface area contributed by atoms with Crippen molar-refractivity contribution < 1.29 is 9.59 Å². The largest absolute Gasteiger partial charge is 0.355 e. The van der Waals surface area contributed by atoms with Crippen LogP contribution in [-0.2, 0) is 4.79 Å². The number of rotatable bonds is 5. The van der Waals surface area contributed by atoms with E-state index in [9.17, 15) is 9.59 Å². The molecule has 0 spiro atoms. The van der Waals surface area contributed by atoms with Crippen LogP contribution >= 0.6 is 11.3 Å². The van der Waals surface area contributed by atoms with Crippen molar-refractivity contribution in [1.29, 1.82) is 0 Å². The summed E-state index contributed by atoms with van der Waals surface area (Å²) in [6.45, 7) is 5.90. The summed E-state index contributed by atoms with van der Waals surface area (Å²) in [5, 5.41) is 6.11. The summed E-state index contributed by atoms with van der Waals surface area (Å²) in [6, 6.07) is 0. The van der Waals surface area contributed by atoms with Crippen LogP contribution in [0.3, 0.4) is 0 Å². The highest BCUT2D eigenvalue weighted by Gasteiger charge is 2.19. The topological polar surface area (TPSA) is 58.2 Å². The molecule has 100 valence electrons. The third-order valence-electron chi connectivity index (χ3n) is 2.85. The van der Waals surface area contributed by atoms with E-state index in [0.29, 0.717) is 17.0 Å². The first-order valence-corrected chi connectivity index (χ1v) is 6.94. The predicted octanol–water partition coefficient (Wildman–Crippen LogP) is 2.85. The van der Waals surface area contributed by atoms with Crippen LogP contribution in [0.5, 0.6) is 0 Å². The molecule has 1 aromatic heterocycles. The molecule has 0 aromatic carbocycles. The predicted molar refractivity (Wildman–Crippen MR) is 75.3 cm³/mol. The molecule has 0 aliphatic carbocycles. The molecule has 18 heavy (non-hydrogen) atoms. The SMILES string of the molecule is CCCCC(=O)Nc1sc(C)c(C)c1C(=O)NC. The van der Waals surface area contributed by atoms with Gasteiger partial charge in [0.15, 0.2) is 0 Å². The van der Waals surface area contributed by atoms with Gasteiger partial charge in [-0.2, -0.15) is 0 Å². The number of carbonyl (C=O) groups excluding carboxylic acids is 2. The number of hydrogen-bond acceptors (Lipinski definition) is 3. The monoisotopic (exact) mass is 268 g/mol. The number of amides is 2. The minimum absolute atomic E-state index is 0.0248. The second-order valence-corrected chi connectivity index (χ2v) is 5.44. The van der Waals surface area contributed by atoms with Crippen LogP contribution < -0.4 is 10.6 Å². The van der Waals surface area contributed by atoms with Crippen molar-refractivity contribution in [3.8, 4) is 0 Å². The standard InChI is InChI=1S/C13H20N2O2S/c1-5-6-7-10(16)15-13-11(12(17)14-4)8(2)9(3)18-13/h5-7H2,1-4H3,(H,14,17)(H,15,16). The molecule has 1 aromatic rings. The smallest absolute Gasteiger partial charge is 0.254 e. The third-order valence-corrected chi connectivity index (χ3v) is 3.97. The van der Waals surface area contributed by atoms with Crippen LogP contribution in [0.25, 0.3) is 0 Å². The van der Waals surface area contributed by atoms with Gasteiger partial charge in [-0.25, -0.2) is 0 Å². The van der Waals surface area contributed by atoms with Gasteiger partial charge in [0.2, 0.25) is 5.91 Å². The highest BCUT2D eigenvalue weighted by molar-refractivity contribution is 7.16. The molecular weight excluding hydrogens is 248 g/mol. The summed E-state index contributed by atoms with van der Waals surface area (Å²) in [7, 11) is 1.59. The molecule has 1 heterocycles. The summed E-state index contributed by atoms with van der Waals surface area (Å²) in [5.74, 6) is -0.175. The Labute approximate surface area is 112 Å². The minimum atomic E-state index is -0.150. The summed E-state index contributed by atoms with van der Waals surface area (Å²) in [6.07, 6.45) is 2.35. The Kier molecular flexibility index (Phi) is 5.34. The number of thiophene rings is 1. The lowest BCUT2D eigenvalue weighted by molar-refractivity contribution is -0.116. The molecule has 0 fully saturated rings. The Morgan fingerprint density at radius 2 is 1.94 bits per heavy atom. The van der Waals surface area contributed by atoms with Gasteiger partial charge < -0.3 is 10.6 Å². The number of anilines is 1. The van der Waals surface area contributed by atoms with E-state index in [1.807, 2.05) is 20.8 Å². The maximum Gasteiger partial charge on any atom is 0.254 e. The van der Waals surface area contributed by atoms with Gasteiger partial charge in [0, 0.05) is 18.3 Å². The number of aryl methyl sites for hydroxylation is 1. The highest BCUT2D eigenvalue weighted by Crippen LogP contribution is 2.32. The quantitative estimate of drug-likeness (QED) is 0.862. The fraction of sp³-hybridized carbons (Fsp3) is 0.538. The van der Waals surface area contributed by atoms with Crippen LogP contribution in [0.2, 0.25) is 0 Å². The lowest BCUT2D eigenvalue weighted by Crippen LogP contribution is -2.21. The average molecular weight is 268 g/mol. The molecule has 1 rings (SSSR count). The van der Waals surface area contributed by atoms with Gasteiger partial charge in [-0.1, -0.05) is 13.3 Å². The van der Waals surface area contributed by atoms with Crippen molar-refractivity contribution >= 4 is 28.2 Å². The number of hydrogen-bond donors (Lipinski definition) is 2. The van der Waals surface area contributed by atoms with Crippen molar-refractivity contribution in [2.75, 3.05) is 12.4 Å². The van der Waals surface area contributed by atoms with Gasteiger partial charge in [0.1, 0.15) is 5.00 Å². The number of nitrogens with one attached hydrogen (secondary N) is 2. The van der Waals surface area contributed by atoms with Gasteiger partial charge in [0.05, 0.1) is 5.56 Å². The summed E-state index contributed by atoms with van der Waals surface area (Å²) < 4.78 is 0. The summed E-state index contributed by atoms with van der Waals surface area (Å²) in [4.78, 5) is 24.6. The van der Waals surface area contributed by atoms with E-state index in [1.165, 1.54) is 11.3 Å². The third kappa shape index (κ3) is 3.32. The zero-order chi connectivity index (χ0) is 13.7. The highest BCUT2D eigenvalue weighted by atomic mass is 32.1. The van der Waals surface area contributed by atoms with E-state index in [0.717, 1.165) is 23.3 Å². The van der Waals surface area contributed by atoms with Gasteiger partial charge in [-0.05, 0) is 25.8 Å². The molecule has 4 nitrogen and oxygen atoms in total. The van der Waals surface area contributed by atoms with Crippen molar-refractivity contribution in [2.45, 2.75) is 40.0 Å². The second kappa shape index (κ2) is 6.54. The molecule has 0 unspecified atom stereocenters. The van der Waals surface area contributed by atoms with Crippen molar-refractivity contribution in [1.82, 2.24) is 5.32 Å². The molecule has 0 aliphatic rings. The zero-order valence-corrected chi connectivity index (χ0v) is 12.2. The Balaban J connectivity index is 2.91. The molecule has 0 radical (unpaired) electrons. The second-order valence-electron chi connectivity index (χ2n) is 4.22. The molecule has 2 amide bonds. The minimum Gasteiger partial charge on any atom is -0.355 e. The van der Waals surface area contributed by atoms with Gasteiger partial charge in [-0.3, -0.25) is 9.59 Å². The van der Waals surface area contributed by atoms with Crippen LogP contribution in [0.15, 0.2) is 0 Å². The van der Waals surface area contributed by atoms with Gasteiger partial charge in [-0.15, -0.1) is 11.3 Å². The van der Waals surface area contributed by atoms with E-state index in [2.05, 4.69) is 10.6 Å². The normalized spacial score (nSPS) is 10.2. The molecule has 0 bridgehead atoms. The van der Waals surface area contributed by atoms with Gasteiger partial charge >= 0.3 is 0 Å². The molecule has 0 saturated heterocycles. The van der Waals surface area contributed by atoms with E-state index >= 15 is 0 Å². The van der Waals surface area contributed by atoms with E-state index in [1.54, 1.807) is 7.05 Å². The van der Waals surface area contributed by atoms with Crippen LogP contribution in [0.4, 0.5) is 5.00 Å². The summed E-state index contributed by atoms with van der Waals surface area (Å²) in [5.41, 5.74) is 1.52. The van der Waals surface area contributed by atoms with Crippen molar-refractivity contribution in [3.63, 3.8) is 0 Å². The maximum absolute atomic E-state index is 11.8. The fourth-order valence-corrected chi connectivity index (χ4v) is 2.71. The zero-order valence-electron chi connectivity index (χ0n) is 11.3. The molecular formula is C13H20N2O2S.